The van der Waals surface area contributed by atoms with E-state index in [1.165, 1.54) is 25.3 Å². The van der Waals surface area contributed by atoms with Crippen molar-refractivity contribution >= 4 is 0 Å². The predicted octanol–water partition coefficient (Wildman–Crippen LogP) is 0.626. The Morgan fingerprint density at radius 2 is 2.36 bits per heavy atom. The van der Waals surface area contributed by atoms with Crippen LogP contribution >= 0.6 is 0 Å². The molecule has 0 unspecified atom stereocenters. The lowest BCUT2D eigenvalue weighted by molar-refractivity contribution is 0.166. The molecule has 3 nitrogen and oxygen atoms in total. The second kappa shape index (κ2) is 2.66. The van der Waals surface area contributed by atoms with Crippen LogP contribution in [0.1, 0.15) is 12.2 Å². The fraction of sp³-hybridized carbons (Fsp3) is 0.625. The molecule has 0 radical (unpaired) electrons. The lowest BCUT2D eigenvalue weighted by Crippen LogP contribution is -2.37. The molecular formula is C8H13N3. The zero-order valence-electron chi connectivity index (χ0n) is 6.82. The second-order valence-corrected chi connectivity index (χ2v) is 3.08. The van der Waals surface area contributed by atoms with Crippen molar-refractivity contribution in [2.24, 2.45) is 7.05 Å². The first-order valence-electron chi connectivity index (χ1n) is 4.05. The Bertz CT molecular complexity index is 237. The van der Waals surface area contributed by atoms with Gasteiger partial charge in [-0.2, -0.15) is 0 Å². The molecule has 1 aliphatic rings. The molecule has 1 aromatic rings. The molecule has 3 heteroatoms. The summed E-state index contributed by atoms with van der Waals surface area (Å²) in [7, 11) is 2.04. The maximum absolute atomic E-state index is 4.26. The number of likely N-dealkylation sites (tertiary alicyclic amines) is 1. The molecule has 0 spiro atoms. The first-order valence-corrected chi connectivity index (χ1v) is 4.05. The van der Waals surface area contributed by atoms with Gasteiger partial charge in [-0.1, -0.05) is 0 Å². The fourth-order valence-electron chi connectivity index (χ4n) is 1.29. The highest BCUT2D eigenvalue weighted by molar-refractivity contribution is 4.91. The van der Waals surface area contributed by atoms with E-state index in [2.05, 4.69) is 14.5 Å². The summed E-state index contributed by atoms with van der Waals surface area (Å²) in [6.45, 7) is 3.50. The number of aryl methyl sites for hydroxylation is 1. The zero-order chi connectivity index (χ0) is 7.68. The maximum atomic E-state index is 4.26. The van der Waals surface area contributed by atoms with Crippen molar-refractivity contribution in [3.8, 4) is 0 Å². The van der Waals surface area contributed by atoms with Crippen LogP contribution in [0, 0.1) is 0 Å². The van der Waals surface area contributed by atoms with Gasteiger partial charge in [0.1, 0.15) is 5.82 Å². The zero-order valence-corrected chi connectivity index (χ0v) is 6.82. The minimum Gasteiger partial charge on any atom is -0.337 e. The smallest absolute Gasteiger partial charge is 0.122 e. The first kappa shape index (κ1) is 6.85. The van der Waals surface area contributed by atoms with Crippen molar-refractivity contribution in [3.63, 3.8) is 0 Å². The van der Waals surface area contributed by atoms with E-state index >= 15 is 0 Å². The Balaban J connectivity index is 1.99. The third kappa shape index (κ3) is 1.28. The molecule has 1 saturated heterocycles. The number of rotatable bonds is 2. The van der Waals surface area contributed by atoms with Crippen LogP contribution < -0.4 is 0 Å². The Morgan fingerprint density at radius 1 is 1.55 bits per heavy atom. The summed E-state index contributed by atoms with van der Waals surface area (Å²) in [6, 6.07) is 0. The molecule has 11 heavy (non-hydrogen) atoms. The van der Waals surface area contributed by atoms with Crippen LogP contribution in [0.25, 0.3) is 0 Å². The normalized spacial score (nSPS) is 18.3. The van der Waals surface area contributed by atoms with Gasteiger partial charge in [-0.3, -0.25) is 4.90 Å². The second-order valence-electron chi connectivity index (χ2n) is 3.08. The van der Waals surface area contributed by atoms with Crippen molar-refractivity contribution < 1.29 is 0 Å². The lowest BCUT2D eigenvalue weighted by Gasteiger charge is -2.29. The van der Waals surface area contributed by atoms with E-state index in [9.17, 15) is 0 Å². The Hall–Kier alpha value is -0.830. The van der Waals surface area contributed by atoms with Crippen LogP contribution in [0.4, 0.5) is 0 Å². The maximum Gasteiger partial charge on any atom is 0.122 e. The molecule has 0 aliphatic carbocycles. The monoisotopic (exact) mass is 151 g/mol. The molecule has 1 aromatic heterocycles. The predicted molar refractivity (Wildman–Crippen MR) is 43.1 cm³/mol. The summed E-state index contributed by atoms with van der Waals surface area (Å²) in [5.41, 5.74) is 0. The summed E-state index contributed by atoms with van der Waals surface area (Å²) in [5, 5.41) is 0. The Kier molecular flexibility index (Phi) is 1.66. The van der Waals surface area contributed by atoms with Crippen molar-refractivity contribution in [1.82, 2.24) is 14.5 Å². The third-order valence-corrected chi connectivity index (χ3v) is 2.23. The van der Waals surface area contributed by atoms with E-state index in [0.29, 0.717) is 0 Å². The van der Waals surface area contributed by atoms with Crippen LogP contribution in [0.2, 0.25) is 0 Å². The summed E-state index contributed by atoms with van der Waals surface area (Å²) < 4.78 is 2.08. The standard InChI is InChI=1S/C8H13N3/c1-10-6-3-9-8(10)7-11-4-2-5-11/h3,6H,2,4-5,7H2,1H3. The number of hydrogen-bond acceptors (Lipinski definition) is 2. The molecule has 0 bridgehead atoms. The average molecular weight is 151 g/mol. The van der Waals surface area contributed by atoms with Crippen molar-refractivity contribution in [1.29, 1.82) is 0 Å². The number of imidazole rings is 1. The van der Waals surface area contributed by atoms with Crippen LogP contribution in [-0.2, 0) is 13.6 Å². The van der Waals surface area contributed by atoms with Gasteiger partial charge in [0, 0.05) is 19.4 Å². The molecule has 0 amide bonds. The first-order chi connectivity index (χ1) is 5.36. The van der Waals surface area contributed by atoms with Crippen molar-refractivity contribution in [3.05, 3.63) is 18.2 Å². The summed E-state index contributed by atoms with van der Waals surface area (Å²) in [4.78, 5) is 6.66. The van der Waals surface area contributed by atoms with Gasteiger partial charge in [-0.25, -0.2) is 4.98 Å². The van der Waals surface area contributed by atoms with Crippen molar-refractivity contribution in [2.75, 3.05) is 13.1 Å². The molecular weight excluding hydrogens is 138 g/mol. The highest BCUT2D eigenvalue weighted by Crippen LogP contribution is 2.09. The number of nitrogens with zero attached hydrogens (tertiary/aromatic N) is 3. The average Bonchev–Trinajstić information content (AvgIpc) is 2.27. The molecule has 2 heterocycles. The summed E-state index contributed by atoms with van der Waals surface area (Å²) in [5.74, 6) is 1.17. The fourth-order valence-corrected chi connectivity index (χ4v) is 1.29. The van der Waals surface area contributed by atoms with E-state index in [1.807, 2.05) is 19.4 Å². The molecule has 60 valence electrons. The highest BCUT2D eigenvalue weighted by atomic mass is 15.2. The Morgan fingerprint density at radius 3 is 2.82 bits per heavy atom. The van der Waals surface area contributed by atoms with Crippen LogP contribution in [0.3, 0.4) is 0 Å². The van der Waals surface area contributed by atoms with Crippen LogP contribution in [-0.4, -0.2) is 27.5 Å². The van der Waals surface area contributed by atoms with E-state index in [-0.39, 0.29) is 0 Å². The largest absolute Gasteiger partial charge is 0.337 e. The van der Waals surface area contributed by atoms with E-state index < -0.39 is 0 Å². The van der Waals surface area contributed by atoms with Gasteiger partial charge in [-0.15, -0.1) is 0 Å². The molecule has 0 atom stereocenters. The molecule has 0 aromatic carbocycles. The van der Waals surface area contributed by atoms with E-state index in [1.54, 1.807) is 0 Å². The minimum atomic E-state index is 1.02. The van der Waals surface area contributed by atoms with Gasteiger partial charge in [0.05, 0.1) is 6.54 Å². The van der Waals surface area contributed by atoms with Gasteiger partial charge >= 0.3 is 0 Å². The molecule has 2 rings (SSSR count). The summed E-state index contributed by atoms with van der Waals surface area (Å²) in [6.07, 6.45) is 5.20. The van der Waals surface area contributed by atoms with Crippen LogP contribution in [0.5, 0.6) is 0 Å². The molecule has 1 aliphatic heterocycles. The van der Waals surface area contributed by atoms with Gasteiger partial charge < -0.3 is 4.57 Å². The molecule has 1 fully saturated rings. The highest BCUT2D eigenvalue weighted by Gasteiger charge is 2.15. The number of aromatic nitrogens is 2. The van der Waals surface area contributed by atoms with E-state index in [4.69, 9.17) is 0 Å². The topological polar surface area (TPSA) is 21.1 Å². The molecule has 0 N–H and O–H groups in total. The van der Waals surface area contributed by atoms with Crippen LogP contribution in [0.15, 0.2) is 12.4 Å². The quantitative estimate of drug-likeness (QED) is 0.618. The van der Waals surface area contributed by atoms with Gasteiger partial charge in [0.2, 0.25) is 0 Å². The van der Waals surface area contributed by atoms with Gasteiger partial charge in [-0.05, 0) is 19.5 Å². The van der Waals surface area contributed by atoms with E-state index in [0.717, 1.165) is 6.54 Å². The SMILES string of the molecule is Cn1ccnc1CN1CCC1. The molecule has 0 saturated carbocycles. The third-order valence-electron chi connectivity index (χ3n) is 2.23. The number of hydrogen-bond donors (Lipinski definition) is 0. The summed E-state index contributed by atoms with van der Waals surface area (Å²) >= 11 is 0. The van der Waals surface area contributed by atoms with Crippen molar-refractivity contribution in [2.45, 2.75) is 13.0 Å². The minimum absolute atomic E-state index is 1.02. The van der Waals surface area contributed by atoms with Gasteiger partial charge in [0.25, 0.3) is 0 Å². The Labute approximate surface area is 66.6 Å². The lowest BCUT2D eigenvalue weighted by atomic mass is 10.2. The van der Waals surface area contributed by atoms with Gasteiger partial charge in [0.15, 0.2) is 0 Å².